The van der Waals surface area contributed by atoms with Crippen molar-refractivity contribution in [3.05, 3.63) is 64.2 Å². The molecule has 0 aromatic heterocycles. The molecule has 2 aromatic rings. The molecule has 2 amide bonds. The third-order valence-electron chi connectivity index (χ3n) is 7.28. The molecule has 0 spiro atoms. The lowest BCUT2D eigenvalue weighted by atomic mass is 9.95. The van der Waals surface area contributed by atoms with E-state index in [9.17, 15) is 18.0 Å². The number of amides is 2. The lowest BCUT2D eigenvalue weighted by molar-refractivity contribution is -0.141. The average molecular weight is 576 g/mol. The van der Waals surface area contributed by atoms with Gasteiger partial charge in [-0.05, 0) is 74.4 Å². The largest absolute Gasteiger partial charge is 0.352 e. The minimum Gasteiger partial charge on any atom is -0.352 e. The van der Waals surface area contributed by atoms with E-state index in [1.54, 1.807) is 11.0 Å². The molecule has 0 radical (unpaired) electrons. The average Bonchev–Trinajstić information content (AvgIpc) is 2.86. The summed E-state index contributed by atoms with van der Waals surface area (Å²) in [6.07, 6.45) is 7.37. The van der Waals surface area contributed by atoms with Crippen molar-refractivity contribution in [2.45, 2.75) is 90.8 Å². The van der Waals surface area contributed by atoms with Crippen LogP contribution < -0.4 is 9.62 Å². The molecule has 39 heavy (non-hydrogen) atoms. The zero-order chi connectivity index (χ0) is 28.6. The first kappa shape index (κ1) is 31.0. The first-order chi connectivity index (χ1) is 18.5. The molecule has 1 N–H and O–H groups in total. The van der Waals surface area contributed by atoms with E-state index in [4.69, 9.17) is 11.6 Å². The maximum Gasteiger partial charge on any atom is 0.243 e. The van der Waals surface area contributed by atoms with Gasteiger partial charge < -0.3 is 10.2 Å². The summed E-state index contributed by atoms with van der Waals surface area (Å²) in [7, 11) is -3.55. The molecular formula is C30H42ClN3O4S. The monoisotopic (exact) mass is 575 g/mol. The maximum absolute atomic E-state index is 13.7. The molecule has 0 aliphatic heterocycles. The number of nitrogens with one attached hydrogen (secondary N) is 1. The molecule has 0 bridgehead atoms. The van der Waals surface area contributed by atoms with Gasteiger partial charge in [-0.2, -0.15) is 0 Å². The van der Waals surface area contributed by atoms with E-state index >= 15 is 0 Å². The van der Waals surface area contributed by atoms with Gasteiger partial charge in [0.05, 0.1) is 11.9 Å². The summed E-state index contributed by atoms with van der Waals surface area (Å²) in [5.41, 5.74) is 3.30. The van der Waals surface area contributed by atoms with Gasteiger partial charge in [0, 0.05) is 30.6 Å². The Bertz CT molecular complexity index is 1220. The quantitative estimate of drug-likeness (QED) is 0.349. The number of benzene rings is 2. The van der Waals surface area contributed by atoms with Gasteiger partial charge in [-0.1, -0.05) is 62.1 Å². The number of hydrogen-bond acceptors (Lipinski definition) is 4. The standard InChI is InChI=1S/C30H42ClN3O4S/c1-5-28(30(36)32-25-13-7-6-8-14-25)33(21-24-12-9-10-15-27(24)31)29(35)16-11-17-34(39(4,37)38)26-19-22(2)18-23(3)20-26/h9-10,12,15,18-20,25,28H,5-8,11,13-14,16-17,21H2,1-4H3,(H,32,36)/t28-/m0/s1. The first-order valence-corrected chi connectivity index (χ1v) is 16.1. The van der Waals surface area contributed by atoms with Gasteiger partial charge in [0.15, 0.2) is 0 Å². The second-order valence-corrected chi connectivity index (χ2v) is 13.0. The number of carbonyl (C=O) groups is 2. The van der Waals surface area contributed by atoms with Gasteiger partial charge in [-0.15, -0.1) is 0 Å². The van der Waals surface area contributed by atoms with Crippen LogP contribution in [-0.4, -0.2) is 50.0 Å². The van der Waals surface area contributed by atoms with Crippen molar-refractivity contribution in [3.8, 4) is 0 Å². The Morgan fingerprint density at radius 1 is 1.05 bits per heavy atom. The minimum absolute atomic E-state index is 0.106. The molecular weight excluding hydrogens is 534 g/mol. The molecule has 1 saturated carbocycles. The molecule has 2 aromatic carbocycles. The molecule has 0 unspecified atom stereocenters. The molecule has 3 rings (SSSR count). The Morgan fingerprint density at radius 3 is 2.28 bits per heavy atom. The molecule has 1 atom stereocenters. The Balaban J connectivity index is 1.78. The normalized spacial score (nSPS) is 15.0. The smallest absolute Gasteiger partial charge is 0.243 e. The Labute approximate surface area is 239 Å². The Hall–Kier alpha value is -2.58. The highest BCUT2D eigenvalue weighted by atomic mass is 35.5. The van der Waals surface area contributed by atoms with Crippen LogP contribution in [0, 0.1) is 13.8 Å². The fourth-order valence-electron chi connectivity index (χ4n) is 5.37. The van der Waals surface area contributed by atoms with Gasteiger partial charge in [0.25, 0.3) is 0 Å². The first-order valence-electron chi connectivity index (χ1n) is 13.9. The van der Waals surface area contributed by atoms with E-state index in [1.165, 1.54) is 17.0 Å². The van der Waals surface area contributed by atoms with Crippen LogP contribution in [0.25, 0.3) is 0 Å². The van der Waals surface area contributed by atoms with E-state index in [0.717, 1.165) is 42.4 Å². The fourth-order valence-corrected chi connectivity index (χ4v) is 6.52. The van der Waals surface area contributed by atoms with Gasteiger partial charge >= 0.3 is 0 Å². The van der Waals surface area contributed by atoms with Gasteiger partial charge in [-0.3, -0.25) is 13.9 Å². The van der Waals surface area contributed by atoms with Crippen molar-refractivity contribution in [2.24, 2.45) is 0 Å². The van der Waals surface area contributed by atoms with E-state index < -0.39 is 16.1 Å². The van der Waals surface area contributed by atoms with Crippen LogP contribution in [0.4, 0.5) is 5.69 Å². The predicted molar refractivity (Wildman–Crippen MR) is 158 cm³/mol. The molecule has 7 nitrogen and oxygen atoms in total. The van der Waals surface area contributed by atoms with E-state index in [0.29, 0.717) is 23.6 Å². The molecule has 1 fully saturated rings. The highest BCUT2D eigenvalue weighted by Gasteiger charge is 2.31. The van der Waals surface area contributed by atoms with Crippen LogP contribution in [-0.2, 0) is 26.2 Å². The highest BCUT2D eigenvalue weighted by molar-refractivity contribution is 7.92. The summed E-state index contributed by atoms with van der Waals surface area (Å²) in [5, 5.41) is 3.72. The lowest BCUT2D eigenvalue weighted by Crippen LogP contribution is -2.51. The summed E-state index contributed by atoms with van der Waals surface area (Å²) >= 11 is 6.43. The van der Waals surface area contributed by atoms with Crippen molar-refractivity contribution in [3.63, 3.8) is 0 Å². The van der Waals surface area contributed by atoms with Crippen molar-refractivity contribution in [1.29, 1.82) is 0 Å². The van der Waals surface area contributed by atoms with Crippen LogP contribution in [0.3, 0.4) is 0 Å². The second-order valence-electron chi connectivity index (χ2n) is 10.7. The number of aryl methyl sites for hydroxylation is 2. The van der Waals surface area contributed by atoms with Gasteiger partial charge in [-0.25, -0.2) is 8.42 Å². The Kier molecular flexibility index (Phi) is 11.2. The highest BCUT2D eigenvalue weighted by Crippen LogP contribution is 2.24. The van der Waals surface area contributed by atoms with Gasteiger partial charge in [0.2, 0.25) is 21.8 Å². The fraction of sp³-hybridized carbons (Fsp3) is 0.533. The summed E-state index contributed by atoms with van der Waals surface area (Å²) in [6, 6.07) is 12.5. The molecule has 9 heteroatoms. The van der Waals surface area contributed by atoms with Crippen molar-refractivity contribution >= 4 is 39.1 Å². The summed E-state index contributed by atoms with van der Waals surface area (Å²) in [5.74, 6) is -0.341. The van der Waals surface area contributed by atoms with Crippen LogP contribution in [0.5, 0.6) is 0 Å². The van der Waals surface area contributed by atoms with Crippen molar-refractivity contribution in [2.75, 3.05) is 17.1 Å². The number of anilines is 1. The van der Waals surface area contributed by atoms with Crippen molar-refractivity contribution < 1.29 is 18.0 Å². The number of carbonyl (C=O) groups excluding carboxylic acids is 2. The minimum atomic E-state index is -3.55. The summed E-state index contributed by atoms with van der Waals surface area (Å²) in [6.45, 7) is 6.14. The van der Waals surface area contributed by atoms with E-state index in [1.807, 2.05) is 57.2 Å². The van der Waals surface area contributed by atoms with Crippen molar-refractivity contribution in [1.82, 2.24) is 10.2 Å². The second kappa shape index (κ2) is 14.2. The zero-order valence-corrected chi connectivity index (χ0v) is 25.2. The van der Waals surface area contributed by atoms with Crippen LogP contribution in [0.2, 0.25) is 5.02 Å². The molecule has 0 heterocycles. The summed E-state index contributed by atoms with van der Waals surface area (Å²) < 4.78 is 26.6. The number of halogens is 1. The third-order valence-corrected chi connectivity index (χ3v) is 8.85. The molecule has 214 valence electrons. The van der Waals surface area contributed by atoms with Gasteiger partial charge in [0.1, 0.15) is 6.04 Å². The number of sulfonamides is 1. The number of hydrogen-bond donors (Lipinski definition) is 1. The molecule has 0 saturated heterocycles. The predicted octanol–water partition coefficient (Wildman–Crippen LogP) is 5.76. The number of rotatable bonds is 12. The number of nitrogens with zero attached hydrogens (tertiary/aromatic N) is 2. The van der Waals surface area contributed by atoms with E-state index in [-0.39, 0.29) is 37.4 Å². The molecule has 1 aliphatic rings. The topological polar surface area (TPSA) is 86.8 Å². The SMILES string of the molecule is CC[C@@H](C(=O)NC1CCCCC1)N(Cc1ccccc1Cl)C(=O)CCCN(c1cc(C)cc(C)c1)S(C)(=O)=O. The molecule has 1 aliphatic carbocycles. The van der Waals surface area contributed by atoms with Crippen LogP contribution in [0.1, 0.15) is 75.0 Å². The maximum atomic E-state index is 13.7. The zero-order valence-electron chi connectivity index (χ0n) is 23.6. The Morgan fingerprint density at radius 2 is 1.69 bits per heavy atom. The van der Waals surface area contributed by atoms with Crippen LogP contribution >= 0.6 is 11.6 Å². The van der Waals surface area contributed by atoms with E-state index in [2.05, 4.69) is 5.32 Å². The van der Waals surface area contributed by atoms with Crippen LogP contribution in [0.15, 0.2) is 42.5 Å². The lowest BCUT2D eigenvalue weighted by Gasteiger charge is -2.33. The third kappa shape index (κ3) is 8.97. The summed E-state index contributed by atoms with van der Waals surface area (Å²) in [4.78, 5) is 28.7.